The number of hydrogen-bond donors (Lipinski definition) is 1. The van der Waals surface area contributed by atoms with Crippen molar-refractivity contribution in [1.82, 2.24) is 10.2 Å². The Morgan fingerprint density at radius 3 is 2.60 bits per heavy atom. The minimum atomic E-state index is -4.08. The molecule has 0 saturated carbocycles. The second-order valence-corrected chi connectivity index (χ2v) is 4.29. The van der Waals surface area contributed by atoms with Gasteiger partial charge in [0.1, 0.15) is 0 Å². The van der Waals surface area contributed by atoms with Gasteiger partial charge in [0.05, 0.1) is 6.54 Å². The van der Waals surface area contributed by atoms with Crippen molar-refractivity contribution in [3.05, 3.63) is 0 Å². The number of hydrogen-bond acceptors (Lipinski definition) is 2. The summed E-state index contributed by atoms with van der Waals surface area (Å²) in [6.07, 6.45) is -2.13. The van der Waals surface area contributed by atoms with E-state index < -0.39 is 12.7 Å². The molecule has 0 bridgehead atoms. The molecule has 1 saturated heterocycles. The molecular weight excluding hydrogens is 205 g/mol. The van der Waals surface area contributed by atoms with Gasteiger partial charge in [-0.15, -0.1) is 0 Å². The van der Waals surface area contributed by atoms with E-state index in [-0.39, 0.29) is 12.1 Å². The lowest BCUT2D eigenvalue weighted by Gasteiger charge is -2.39. The van der Waals surface area contributed by atoms with Crippen LogP contribution in [0, 0.1) is 0 Å². The monoisotopic (exact) mass is 224 g/mol. The SMILES string of the molecule is CCCC1CN(CC(F)(F)F)C(C)CN1. The Balaban J connectivity index is 2.46. The highest BCUT2D eigenvalue weighted by Gasteiger charge is 2.35. The molecule has 1 heterocycles. The molecule has 1 aliphatic heterocycles. The quantitative estimate of drug-likeness (QED) is 0.789. The van der Waals surface area contributed by atoms with Crippen LogP contribution in [0.5, 0.6) is 0 Å². The molecule has 90 valence electrons. The number of halogens is 3. The van der Waals surface area contributed by atoms with Crippen molar-refractivity contribution < 1.29 is 13.2 Å². The standard InChI is InChI=1S/C10H19F3N2/c1-3-4-9-6-15(7-10(11,12)13)8(2)5-14-9/h8-9,14H,3-7H2,1-2H3. The molecule has 5 heteroatoms. The van der Waals surface area contributed by atoms with E-state index in [1.807, 2.05) is 13.8 Å². The average molecular weight is 224 g/mol. The molecule has 1 N–H and O–H groups in total. The molecule has 1 aliphatic rings. The zero-order valence-electron chi connectivity index (χ0n) is 9.27. The van der Waals surface area contributed by atoms with Gasteiger partial charge in [0.2, 0.25) is 0 Å². The predicted octanol–water partition coefficient (Wildman–Crippen LogP) is 2.01. The molecule has 0 aliphatic carbocycles. The molecule has 1 fully saturated rings. The Kier molecular flexibility index (Phi) is 4.40. The van der Waals surface area contributed by atoms with Crippen molar-refractivity contribution in [3.8, 4) is 0 Å². The maximum absolute atomic E-state index is 12.3. The highest BCUT2D eigenvalue weighted by molar-refractivity contribution is 4.84. The summed E-state index contributed by atoms with van der Waals surface area (Å²) in [5, 5.41) is 3.28. The second kappa shape index (κ2) is 5.16. The zero-order chi connectivity index (χ0) is 11.5. The van der Waals surface area contributed by atoms with Crippen LogP contribution < -0.4 is 5.32 Å². The van der Waals surface area contributed by atoms with Gasteiger partial charge in [0.15, 0.2) is 0 Å². The summed E-state index contributed by atoms with van der Waals surface area (Å²) in [6, 6.07) is 0.188. The lowest BCUT2D eigenvalue weighted by atomic mass is 10.1. The molecule has 1 rings (SSSR count). The smallest absolute Gasteiger partial charge is 0.311 e. The van der Waals surface area contributed by atoms with Crippen LogP contribution in [-0.2, 0) is 0 Å². The molecule has 2 nitrogen and oxygen atoms in total. The lowest BCUT2D eigenvalue weighted by Crippen LogP contribution is -2.57. The molecular formula is C10H19F3N2. The zero-order valence-corrected chi connectivity index (χ0v) is 9.27. The fraction of sp³-hybridized carbons (Fsp3) is 1.00. The van der Waals surface area contributed by atoms with E-state index in [1.165, 1.54) is 4.90 Å². The summed E-state index contributed by atoms with van der Waals surface area (Å²) in [5.74, 6) is 0. The Bertz CT molecular complexity index is 194. The number of piperazine rings is 1. The number of nitrogens with one attached hydrogen (secondary N) is 1. The van der Waals surface area contributed by atoms with E-state index in [1.54, 1.807) is 0 Å². The first kappa shape index (κ1) is 12.8. The van der Waals surface area contributed by atoms with Crippen LogP contribution in [0.3, 0.4) is 0 Å². The molecule has 2 unspecified atom stereocenters. The Hall–Kier alpha value is -0.290. The minimum absolute atomic E-state index is 0.0280. The van der Waals surface area contributed by atoms with Crippen LogP contribution in [0.1, 0.15) is 26.7 Å². The van der Waals surface area contributed by atoms with E-state index in [9.17, 15) is 13.2 Å². The summed E-state index contributed by atoms with van der Waals surface area (Å²) in [5.41, 5.74) is 0. The van der Waals surface area contributed by atoms with Crippen LogP contribution in [0.15, 0.2) is 0 Å². The van der Waals surface area contributed by atoms with Crippen LogP contribution >= 0.6 is 0 Å². The van der Waals surface area contributed by atoms with Crippen molar-refractivity contribution >= 4 is 0 Å². The molecule has 0 aromatic rings. The molecule has 2 atom stereocenters. The molecule has 0 spiro atoms. The van der Waals surface area contributed by atoms with Gasteiger partial charge < -0.3 is 5.32 Å². The van der Waals surface area contributed by atoms with E-state index in [0.29, 0.717) is 13.1 Å². The van der Waals surface area contributed by atoms with Crippen molar-refractivity contribution in [2.75, 3.05) is 19.6 Å². The average Bonchev–Trinajstić information content (AvgIpc) is 2.09. The first-order chi connectivity index (χ1) is 6.92. The highest BCUT2D eigenvalue weighted by Crippen LogP contribution is 2.20. The van der Waals surface area contributed by atoms with Gasteiger partial charge in [0.25, 0.3) is 0 Å². The fourth-order valence-corrected chi connectivity index (χ4v) is 1.99. The summed E-state index contributed by atoms with van der Waals surface area (Å²) < 4.78 is 36.8. The van der Waals surface area contributed by atoms with Gasteiger partial charge in [-0.2, -0.15) is 13.2 Å². The van der Waals surface area contributed by atoms with E-state index >= 15 is 0 Å². The highest BCUT2D eigenvalue weighted by atomic mass is 19.4. The second-order valence-electron chi connectivity index (χ2n) is 4.29. The molecule has 0 aromatic heterocycles. The van der Waals surface area contributed by atoms with Gasteiger partial charge in [0, 0.05) is 25.2 Å². The lowest BCUT2D eigenvalue weighted by molar-refractivity contribution is -0.153. The van der Waals surface area contributed by atoms with Crippen LogP contribution in [0.25, 0.3) is 0 Å². The number of nitrogens with zero attached hydrogens (tertiary/aromatic N) is 1. The topological polar surface area (TPSA) is 15.3 Å². The third-order valence-corrected chi connectivity index (χ3v) is 2.80. The van der Waals surface area contributed by atoms with Crippen molar-refractivity contribution in [2.24, 2.45) is 0 Å². The largest absolute Gasteiger partial charge is 0.401 e. The van der Waals surface area contributed by atoms with Crippen LogP contribution in [0.4, 0.5) is 13.2 Å². The van der Waals surface area contributed by atoms with E-state index in [4.69, 9.17) is 0 Å². The maximum Gasteiger partial charge on any atom is 0.401 e. The summed E-state index contributed by atoms with van der Waals surface area (Å²) in [7, 11) is 0. The minimum Gasteiger partial charge on any atom is -0.311 e. The summed E-state index contributed by atoms with van der Waals surface area (Å²) >= 11 is 0. The van der Waals surface area contributed by atoms with Crippen LogP contribution in [-0.4, -0.2) is 42.8 Å². The van der Waals surface area contributed by atoms with Gasteiger partial charge in [-0.25, -0.2) is 0 Å². The third-order valence-electron chi connectivity index (χ3n) is 2.80. The molecule has 0 radical (unpaired) electrons. The number of alkyl halides is 3. The van der Waals surface area contributed by atoms with Crippen molar-refractivity contribution in [2.45, 2.75) is 44.9 Å². The Morgan fingerprint density at radius 1 is 1.40 bits per heavy atom. The predicted molar refractivity (Wildman–Crippen MR) is 53.8 cm³/mol. The normalized spacial score (nSPS) is 29.4. The number of rotatable bonds is 3. The fourth-order valence-electron chi connectivity index (χ4n) is 1.99. The van der Waals surface area contributed by atoms with Crippen LogP contribution in [0.2, 0.25) is 0 Å². The Morgan fingerprint density at radius 2 is 2.07 bits per heavy atom. The molecule has 0 aromatic carbocycles. The Labute approximate surface area is 88.8 Å². The summed E-state index contributed by atoms with van der Waals surface area (Å²) in [4.78, 5) is 1.52. The van der Waals surface area contributed by atoms with Gasteiger partial charge in [-0.3, -0.25) is 4.90 Å². The van der Waals surface area contributed by atoms with Gasteiger partial charge in [-0.05, 0) is 13.3 Å². The van der Waals surface area contributed by atoms with E-state index in [0.717, 1.165) is 12.8 Å². The summed E-state index contributed by atoms with van der Waals surface area (Å²) in [6.45, 7) is 4.26. The molecule has 15 heavy (non-hydrogen) atoms. The maximum atomic E-state index is 12.3. The molecule has 0 amide bonds. The third kappa shape index (κ3) is 4.38. The van der Waals surface area contributed by atoms with E-state index in [2.05, 4.69) is 5.32 Å². The van der Waals surface area contributed by atoms with Gasteiger partial charge in [-0.1, -0.05) is 13.3 Å². The first-order valence-electron chi connectivity index (χ1n) is 5.46. The van der Waals surface area contributed by atoms with Crippen molar-refractivity contribution in [3.63, 3.8) is 0 Å². The van der Waals surface area contributed by atoms with Gasteiger partial charge >= 0.3 is 6.18 Å². The van der Waals surface area contributed by atoms with Crippen molar-refractivity contribution in [1.29, 1.82) is 0 Å². The first-order valence-corrected chi connectivity index (χ1v) is 5.46.